The Morgan fingerprint density at radius 1 is 1.08 bits per heavy atom. The molecule has 0 radical (unpaired) electrons. The van der Waals surface area contributed by atoms with Crippen molar-refractivity contribution in [3.05, 3.63) is 70.6 Å². The normalized spacial score (nSPS) is 11.0. The lowest BCUT2D eigenvalue weighted by Gasteiger charge is -2.03. The van der Waals surface area contributed by atoms with E-state index in [1.165, 1.54) is 5.56 Å². The van der Waals surface area contributed by atoms with E-state index in [1.54, 1.807) is 24.3 Å². The topological polar surface area (TPSA) is 68.3 Å². The molecule has 0 aliphatic carbocycles. The van der Waals surface area contributed by atoms with Crippen molar-refractivity contribution in [3.63, 3.8) is 0 Å². The summed E-state index contributed by atoms with van der Waals surface area (Å²) >= 11 is 3.18. The second-order valence-electron chi connectivity index (χ2n) is 5.81. The van der Waals surface area contributed by atoms with Gasteiger partial charge in [0.05, 0.1) is 0 Å². The highest BCUT2D eigenvalue weighted by Gasteiger charge is 2.12. The fourth-order valence-electron chi connectivity index (χ4n) is 2.64. The van der Waals surface area contributed by atoms with Crippen LogP contribution in [0, 0.1) is 0 Å². The van der Waals surface area contributed by atoms with E-state index in [-0.39, 0.29) is 11.7 Å². The molecule has 4 rings (SSSR count). The van der Waals surface area contributed by atoms with E-state index >= 15 is 0 Å². The number of benzene rings is 2. The third kappa shape index (κ3) is 3.28. The molecule has 0 aliphatic rings. The van der Waals surface area contributed by atoms with Crippen molar-refractivity contribution < 1.29 is 13.6 Å². The highest BCUT2D eigenvalue weighted by atomic mass is 79.9. The van der Waals surface area contributed by atoms with Crippen LogP contribution in [0.1, 0.15) is 23.0 Å². The van der Waals surface area contributed by atoms with Crippen molar-refractivity contribution in [1.82, 2.24) is 4.98 Å². The van der Waals surface area contributed by atoms with Crippen LogP contribution in [-0.4, -0.2) is 10.9 Å². The van der Waals surface area contributed by atoms with Gasteiger partial charge >= 0.3 is 0 Å². The van der Waals surface area contributed by atoms with Gasteiger partial charge < -0.3 is 14.2 Å². The molecule has 6 heteroatoms. The first kappa shape index (κ1) is 16.6. The molecule has 1 amide bonds. The van der Waals surface area contributed by atoms with E-state index in [1.807, 2.05) is 30.3 Å². The number of aryl methyl sites for hydroxylation is 1. The van der Waals surface area contributed by atoms with E-state index in [9.17, 15) is 4.79 Å². The number of halogens is 1. The third-order valence-corrected chi connectivity index (χ3v) is 4.47. The molecule has 0 unspecified atom stereocenters. The van der Waals surface area contributed by atoms with Crippen LogP contribution in [0.5, 0.6) is 0 Å². The summed E-state index contributed by atoms with van der Waals surface area (Å²) in [4.78, 5) is 16.7. The molecule has 0 atom stereocenters. The minimum absolute atomic E-state index is 0.242. The molecular weight excluding hydrogens is 396 g/mol. The molecule has 2 aromatic heterocycles. The molecule has 4 aromatic rings. The Bertz CT molecular complexity index is 1080. The van der Waals surface area contributed by atoms with Gasteiger partial charge in [-0.15, -0.1) is 0 Å². The molecular formula is C20H15BrN2O3. The number of aromatic nitrogens is 1. The first-order chi connectivity index (χ1) is 12.6. The Labute approximate surface area is 158 Å². The summed E-state index contributed by atoms with van der Waals surface area (Å²) in [6.45, 7) is 2.11. The van der Waals surface area contributed by atoms with Crippen LogP contribution in [0.25, 0.3) is 22.6 Å². The van der Waals surface area contributed by atoms with E-state index in [0.29, 0.717) is 16.2 Å². The van der Waals surface area contributed by atoms with Gasteiger partial charge in [0, 0.05) is 11.3 Å². The smallest absolute Gasteiger partial charge is 0.291 e. The van der Waals surface area contributed by atoms with E-state index < -0.39 is 0 Å². The van der Waals surface area contributed by atoms with E-state index in [2.05, 4.69) is 33.2 Å². The van der Waals surface area contributed by atoms with Crippen LogP contribution in [0.3, 0.4) is 0 Å². The number of carbonyl (C=O) groups excluding carboxylic acids is 1. The minimum Gasteiger partial charge on any atom is -0.444 e. The van der Waals surface area contributed by atoms with Gasteiger partial charge in [0.15, 0.2) is 16.0 Å². The Kier molecular flexibility index (Phi) is 4.34. The highest BCUT2D eigenvalue weighted by molar-refractivity contribution is 9.10. The van der Waals surface area contributed by atoms with Crippen LogP contribution < -0.4 is 5.32 Å². The van der Waals surface area contributed by atoms with Crippen molar-refractivity contribution >= 4 is 38.6 Å². The van der Waals surface area contributed by atoms with E-state index in [4.69, 9.17) is 8.83 Å². The zero-order valence-electron chi connectivity index (χ0n) is 14.0. The number of anilines is 1. The largest absolute Gasteiger partial charge is 0.444 e. The molecule has 2 heterocycles. The molecule has 1 N–H and O–H groups in total. The van der Waals surface area contributed by atoms with Crippen molar-refractivity contribution in [1.29, 1.82) is 0 Å². The number of hydrogen-bond acceptors (Lipinski definition) is 4. The molecule has 0 spiro atoms. The molecule has 5 nitrogen and oxygen atoms in total. The molecule has 0 saturated heterocycles. The second-order valence-corrected chi connectivity index (χ2v) is 6.59. The lowest BCUT2D eigenvalue weighted by molar-refractivity contribution is 0.0995. The van der Waals surface area contributed by atoms with Crippen LogP contribution in [0.2, 0.25) is 0 Å². The van der Waals surface area contributed by atoms with Gasteiger partial charge in [-0.05, 0) is 76.4 Å². The lowest BCUT2D eigenvalue weighted by atomic mass is 10.1. The molecule has 2 aromatic carbocycles. The first-order valence-electron chi connectivity index (χ1n) is 8.19. The fraction of sp³-hybridized carbons (Fsp3) is 0.100. The van der Waals surface area contributed by atoms with Gasteiger partial charge in [-0.2, -0.15) is 0 Å². The first-order valence-corrected chi connectivity index (χ1v) is 8.98. The van der Waals surface area contributed by atoms with Crippen molar-refractivity contribution in [2.75, 3.05) is 5.32 Å². The number of carbonyl (C=O) groups is 1. The maximum atomic E-state index is 12.1. The fourth-order valence-corrected chi connectivity index (χ4v) is 2.95. The molecule has 0 bridgehead atoms. The van der Waals surface area contributed by atoms with Gasteiger partial charge in [0.1, 0.15) is 5.52 Å². The summed E-state index contributed by atoms with van der Waals surface area (Å²) in [5.74, 6) is 0.491. The van der Waals surface area contributed by atoms with Crippen molar-refractivity contribution in [3.8, 4) is 11.5 Å². The standard InChI is InChI=1S/C20H15BrN2O3/c1-2-12-3-8-16-15(11-12)23-20(26-16)13-4-6-14(7-5-13)22-19(24)17-9-10-18(21)25-17/h3-11H,2H2,1H3,(H,22,24). The molecule has 0 aliphatic heterocycles. The summed E-state index contributed by atoms with van der Waals surface area (Å²) in [7, 11) is 0. The van der Waals surface area contributed by atoms with Crippen molar-refractivity contribution in [2.24, 2.45) is 0 Å². The number of oxazole rings is 1. The Morgan fingerprint density at radius 3 is 2.58 bits per heavy atom. The summed E-state index contributed by atoms with van der Waals surface area (Å²) in [6.07, 6.45) is 0.957. The monoisotopic (exact) mass is 410 g/mol. The van der Waals surface area contributed by atoms with Gasteiger partial charge in [0.2, 0.25) is 5.89 Å². The Hall–Kier alpha value is -2.86. The van der Waals surface area contributed by atoms with Crippen LogP contribution >= 0.6 is 15.9 Å². The summed E-state index contributed by atoms with van der Waals surface area (Å²) in [6, 6.07) is 16.6. The molecule has 26 heavy (non-hydrogen) atoms. The maximum absolute atomic E-state index is 12.1. The number of rotatable bonds is 4. The zero-order chi connectivity index (χ0) is 18.1. The average molecular weight is 411 g/mol. The highest BCUT2D eigenvalue weighted by Crippen LogP contribution is 2.26. The molecule has 130 valence electrons. The van der Waals surface area contributed by atoms with Gasteiger partial charge in [0.25, 0.3) is 5.91 Å². The minimum atomic E-state index is -0.308. The number of nitrogens with zero attached hydrogens (tertiary/aromatic N) is 1. The van der Waals surface area contributed by atoms with Crippen LogP contribution in [-0.2, 0) is 6.42 Å². The summed E-state index contributed by atoms with van der Waals surface area (Å²) < 4.78 is 11.6. The third-order valence-electron chi connectivity index (χ3n) is 4.05. The lowest BCUT2D eigenvalue weighted by Crippen LogP contribution is -2.10. The number of fused-ring (bicyclic) bond motifs is 1. The zero-order valence-corrected chi connectivity index (χ0v) is 15.5. The predicted molar refractivity (Wildman–Crippen MR) is 103 cm³/mol. The molecule has 0 saturated carbocycles. The number of nitrogens with one attached hydrogen (secondary N) is 1. The summed E-state index contributed by atoms with van der Waals surface area (Å²) in [5.41, 5.74) is 4.34. The van der Waals surface area contributed by atoms with Crippen LogP contribution in [0.4, 0.5) is 5.69 Å². The Balaban J connectivity index is 1.55. The van der Waals surface area contributed by atoms with Gasteiger partial charge in [-0.3, -0.25) is 4.79 Å². The average Bonchev–Trinajstić information content (AvgIpc) is 3.27. The van der Waals surface area contributed by atoms with Gasteiger partial charge in [-0.1, -0.05) is 13.0 Å². The number of furan rings is 1. The molecule has 0 fully saturated rings. The summed E-state index contributed by atoms with van der Waals surface area (Å²) in [5, 5.41) is 2.79. The van der Waals surface area contributed by atoms with E-state index in [0.717, 1.165) is 23.1 Å². The number of hydrogen-bond donors (Lipinski definition) is 1. The second kappa shape index (κ2) is 6.80. The van der Waals surface area contributed by atoms with Crippen molar-refractivity contribution in [2.45, 2.75) is 13.3 Å². The Morgan fingerprint density at radius 2 is 1.88 bits per heavy atom. The van der Waals surface area contributed by atoms with Crippen LogP contribution in [0.15, 0.2) is 68.1 Å². The maximum Gasteiger partial charge on any atom is 0.291 e. The SMILES string of the molecule is CCc1ccc2oc(-c3ccc(NC(=O)c4ccc(Br)o4)cc3)nc2c1. The number of amides is 1. The van der Waals surface area contributed by atoms with Gasteiger partial charge in [-0.25, -0.2) is 4.98 Å². The predicted octanol–water partition coefficient (Wildman–Crippen LogP) is 5.67. The quantitative estimate of drug-likeness (QED) is 0.470.